The Morgan fingerprint density at radius 2 is 1.45 bits per heavy atom. The van der Waals surface area contributed by atoms with Gasteiger partial charge in [-0.15, -0.1) is 0 Å². The molecule has 112 valence electrons. The summed E-state index contributed by atoms with van der Waals surface area (Å²) in [5.74, 6) is 0.469. The van der Waals surface area contributed by atoms with Crippen LogP contribution in [-0.4, -0.2) is 13.1 Å². The molecule has 0 aromatic heterocycles. The first-order valence-electron chi connectivity index (χ1n) is 7.77. The fourth-order valence-electron chi connectivity index (χ4n) is 2.91. The van der Waals surface area contributed by atoms with Crippen LogP contribution in [0.2, 0.25) is 0 Å². The molecule has 0 fully saturated rings. The van der Waals surface area contributed by atoms with Gasteiger partial charge in [0.05, 0.1) is 0 Å². The highest BCUT2D eigenvalue weighted by molar-refractivity contribution is 7.76. The standard InChI is InChI=1S/C20H22NP/c1-16(21-2)19-14-9-15-20(19)22(17-10-5-3-6-11-17)18-12-7-4-8-13-18/h3-16,19,21H,1-2H3/t16-,19?/m1/s1. The molecule has 0 amide bonds. The monoisotopic (exact) mass is 307 g/mol. The highest BCUT2D eigenvalue weighted by Crippen LogP contribution is 2.49. The van der Waals surface area contributed by atoms with E-state index < -0.39 is 7.92 Å². The molecule has 0 heterocycles. The molecule has 2 aromatic carbocycles. The van der Waals surface area contributed by atoms with E-state index in [9.17, 15) is 0 Å². The number of benzene rings is 2. The quantitative estimate of drug-likeness (QED) is 0.829. The van der Waals surface area contributed by atoms with E-state index in [1.165, 1.54) is 15.9 Å². The van der Waals surface area contributed by atoms with Crippen LogP contribution in [0.1, 0.15) is 6.92 Å². The van der Waals surface area contributed by atoms with Crippen LogP contribution in [0.4, 0.5) is 0 Å². The summed E-state index contributed by atoms with van der Waals surface area (Å²) in [4.78, 5) is 0. The highest BCUT2D eigenvalue weighted by Gasteiger charge is 2.28. The van der Waals surface area contributed by atoms with Crippen molar-refractivity contribution in [1.29, 1.82) is 0 Å². The molecule has 0 saturated heterocycles. The van der Waals surface area contributed by atoms with Crippen LogP contribution in [-0.2, 0) is 0 Å². The molecule has 0 radical (unpaired) electrons. The van der Waals surface area contributed by atoms with Crippen molar-refractivity contribution in [2.24, 2.45) is 5.92 Å². The van der Waals surface area contributed by atoms with E-state index in [1.807, 2.05) is 7.05 Å². The van der Waals surface area contributed by atoms with E-state index >= 15 is 0 Å². The van der Waals surface area contributed by atoms with Crippen molar-refractivity contribution in [2.75, 3.05) is 7.05 Å². The fraction of sp³-hybridized carbons (Fsp3) is 0.200. The number of hydrogen-bond donors (Lipinski definition) is 1. The van der Waals surface area contributed by atoms with Crippen molar-refractivity contribution in [2.45, 2.75) is 13.0 Å². The molecule has 2 atom stereocenters. The van der Waals surface area contributed by atoms with E-state index in [4.69, 9.17) is 0 Å². The van der Waals surface area contributed by atoms with Crippen LogP contribution in [0.5, 0.6) is 0 Å². The molecule has 1 unspecified atom stereocenters. The van der Waals surface area contributed by atoms with Gasteiger partial charge < -0.3 is 5.32 Å². The Bertz CT molecular complexity index is 621. The van der Waals surface area contributed by atoms with E-state index in [1.54, 1.807) is 0 Å². The molecule has 1 aliphatic carbocycles. The summed E-state index contributed by atoms with van der Waals surface area (Å²) in [6.45, 7) is 2.26. The lowest BCUT2D eigenvalue weighted by Crippen LogP contribution is -2.31. The van der Waals surface area contributed by atoms with Crippen LogP contribution >= 0.6 is 7.92 Å². The van der Waals surface area contributed by atoms with Gasteiger partial charge in [-0.3, -0.25) is 0 Å². The Kier molecular flexibility index (Phi) is 4.87. The molecule has 0 saturated carbocycles. The van der Waals surface area contributed by atoms with Crippen LogP contribution in [0.3, 0.4) is 0 Å². The largest absolute Gasteiger partial charge is 0.316 e. The fourth-order valence-corrected chi connectivity index (χ4v) is 5.59. The van der Waals surface area contributed by atoms with E-state index in [0.29, 0.717) is 12.0 Å². The van der Waals surface area contributed by atoms with Gasteiger partial charge in [-0.2, -0.15) is 0 Å². The molecule has 1 N–H and O–H groups in total. The first kappa shape index (κ1) is 15.2. The van der Waals surface area contributed by atoms with Crippen molar-refractivity contribution >= 4 is 18.5 Å². The van der Waals surface area contributed by atoms with Gasteiger partial charge in [0.15, 0.2) is 0 Å². The maximum absolute atomic E-state index is 3.41. The highest BCUT2D eigenvalue weighted by atomic mass is 31.1. The minimum absolute atomic E-state index is 0.447. The summed E-state index contributed by atoms with van der Waals surface area (Å²) in [5, 5.41) is 7.80. The number of hydrogen-bond acceptors (Lipinski definition) is 1. The van der Waals surface area contributed by atoms with Crippen LogP contribution in [0.15, 0.2) is 84.2 Å². The predicted octanol–water partition coefficient (Wildman–Crippen LogP) is 3.80. The normalized spacial score (nSPS) is 18.5. The van der Waals surface area contributed by atoms with E-state index in [0.717, 1.165) is 0 Å². The first-order valence-corrected chi connectivity index (χ1v) is 9.11. The second-order valence-corrected chi connectivity index (χ2v) is 7.81. The Balaban J connectivity index is 2.04. The van der Waals surface area contributed by atoms with Gasteiger partial charge in [-0.1, -0.05) is 78.9 Å². The molecule has 2 heteroatoms. The lowest BCUT2D eigenvalue weighted by molar-refractivity contribution is 0.534. The van der Waals surface area contributed by atoms with Gasteiger partial charge in [0.2, 0.25) is 0 Å². The van der Waals surface area contributed by atoms with Gasteiger partial charge in [0.25, 0.3) is 0 Å². The summed E-state index contributed by atoms with van der Waals surface area (Å²) < 4.78 is 0. The summed E-state index contributed by atoms with van der Waals surface area (Å²) in [7, 11) is 1.57. The van der Waals surface area contributed by atoms with E-state index in [2.05, 4.69) is 91.1 Å². The van der Waals surface area contributed by atoms with Crippen molar-refractivity contribution in [1.82, 2.24) is 5.32 Å². The molecule has 0 bridgehead atoms. The maximum Gasteiger partial charge on any atom is 0.0183 e. The first-order chi connectivity index (χ1) is 10.8. The van der Waals surface area contributed by atoms with Gasteiger partial charge in [-0.25, -0.2) is 0 Å². The average molecular weight is 307 g/mol. The zero-order valence-corrected chi connectivity index (χ0v) is 14.0. The third-order valence-corrected chi connectivity index (χ3v) is 6.80. The van der Waals surface area contributed by atoms with Crippen LogP contribution in [0, 0.1) is 5.92 Å². The van der Waals surface area contributed by atoms with Gasteiger partial charge in [0, 0.05) is 12.0 Å². The Morgan fingerprint density at radius 3 is 1.95 bits per heavy atom. The number of allylic oxidation sites excluding steroid dienone is 2. The molecule has 22 heavy (non-hydrogen) atoms. The molecular formula is C20H22NP. The van der Waals surface area contributed by atoms with Gasteiger partial charge in [-0.05, 0) is 37.8 Å². The average Bonchev–Trinajstić information content (AvgIpc) is 3.06. The van der Waals surface area contributed by atoms with Crippen LogP contribution in [0.25, 0.3) is 0 Å². The minimum Gasteiger partial charge on any atom is -0.316 e. The minimum atomic E-state index is -0.471. The lowest BCUT2D eigenvalue weighted by Gasteiger charge is -2.28. The Hall–Kier alpha value is -1.69. The zero-order valence-electron chi connectivity index (χ0n) is 13.1. The third kappa shape index (κ3) is 3.06. The smallest absolute Gasteiger partial charge is 0.0183 e. The van der Waals surface area contributed by atoms with Gasteiger partial charge in [0.1, 0.15) is 0 Å². The summed E-state index contributed by atoms with van der Waals surface area (Å²) >= 11 is 0. The number of nitrogens with one attached hydrogen (secondary N) is 1. The molecule has 1 aliphatic rings. The van der Waals surface area contributed by atoms with Crippen molar-refractivity contribution in [3.8, 4) is 0 Å². The zero-order chi connectivity index (χ0) is 15.4. The van der Waals surface area contributed by atoms with Gasteiger partial charge >= 0.3 is 0 Å². The van der Waals surface area contributed by atoms with Crippen molar-refractivity contribution < 1.29 is 0 Å². The summed E-state index contributed by atoms with van der Waals surface area (Å²) in [5.41, 5.74) is 0. The van der Waals surface area contributed by atoms with Crippen LogP contribution < -0.4 is 15.9 Å². The SMILES string of the molecule is CN[C@H](C)C1C=CC=C1P(c1ccccc1)c1ccccc1. The maximum atomic E-state index is 3.41. The lowest BCUT2D eigenvalue weighted by atomic mass is 10.0. The number of rotatable bonds is 5. The van der Waals surface area contributed by atoms with Crippen molar-refractivity contribution in [3.05, 3.63) is 84.2 Å². The molecule has 2 aromatic rings. The molecule has 0 aliphatic heterocycles. The predicted molar refractivity (Wildman–Crippen MR) is 98.3 cm³/mol. The molecular weight excluding hydrogens is 285 g/mol. The topological polar surface area (TPSA) is 12.0 Å². The summed E-state index contributed by atoms with van der Waals surface area (Å²) in [6.07, 6.45) is 6.87. The Labute approximate surface area is 134 Å². The summed E-state index contributed by atoms with van der Waals surface area (Å²) in [6, 6.07) is 22.3. The second-order valence-electron chi connectivity index (χ2n) is 5.59. The molecule has 1 nitrogen and oxygen atoms in total. The van der Waals surface area contributed by atoms with E-state index in [-0.39, 0.29) is 0 Å². The molecule has 0 spiro atoms. The van der Waals surface area contributed by atoms with Crippen molar-refractivity contribution in [3.63, 3.8) is 0 Å². The second kappa shape index (κ2) is 7.05. The Morgan fingerprint density at radius 1 is 0.909 bits per heavy atom. The molecule has 3 rings (SSSR count). The third-order valence-electron chi connectivity index (χ3n) is 4.21.